The van der Waals surface area contributed by atoms with Gasteiger partial charge in [-0.15, -0.1) is 11.8 Å². The largest absolute Gasteiger partial charge is 0.354 e. The monoisotopic (exact) mass is 299 g/mol. The van der Waals surface area contributed by atoms with Crippen LogP contribution in [-0.4, -0.2) is 64.8 Å². The van der Waals surface area contributed by atoms with Crippen LogP contribution in [0, 0.1) is 0 Å². The third-order valence-corrected chi connectivity index (χ3v) is 4.80. The summed E-state index contributed by atoms with van der Waals surface area (Å²) in [4.78, 5) is 39.4. The first-order valence-electron chi connectivity index (χ1n) is 6.97. The molecule has 2 unspecified atom stereocenters. The zero-order valence-electron chi connectivity index (χ0n) is 11.9. The van der Waals surface area contributed by atoms with Crippen LogP contribution in [0.2, 0.25) is 0 Å². The number of rotatable bonds is 4. The van der Waals surface area contributed by atoms with Crippen LogP contribution in [-0.2, 0) is 14.4 Å². The van der Waals surface area contributed by atoms with Crippen molar-refractivity contribution in [1.82, 2.24) is 15.1 Å². The maximum Gasteiger partial charge on any atom is 0.246 e. The summed E-state index contributed by atoms with van der Waals surface area (Å²) in [6.45, 7) is 2.56. The lowest BCUT2D eigenvalue weighted by Crippen LogP contribution is -2.52. The fourth-order valence-electron chi connectivity index (χ4n) is 2.59. The lowest BCUT2D eigenvalue weighted by Gasteiger charge is -2.29. The predicted octanol–water partition coefficient (Wildman–Crippen LogP) is 0.0349. The molecule has 3 amide bonds. The van der Waals surface area contributed by atoms with Gasteiger partial charge in [-0.1, -0.05) is 6.92 Å². The quantitative estimate of drug-likeness (QED) is 0.795. The van der Waals surface area contributed by atoms with Crippen LogP contribution in [0.4, 0.5) is 0 Å². The van der Waals surface area contributed by atoms with Gasteiger partial charge in [-0.25, -0.2) is 0 Å². The van der Waals surface area contributed by atoms with Gasteiger partial charge in [0.2, 0.25) is 17.7 Å². The Morgan fingerprint density at radius 3 is 2.85 bits per heavy atom. The molecule has 0 aromatic rings. The molecule has 2 atom stereocenters. The zero-order chi connectivity index (χ0) is 14.7. The van der Waals surface area contributed by atoms with Gasteiger partial charge in [0.25, 0.3) is 0 Å². The number of amides is 3. The average Bonchev–Trinajstić information content (AvgIpc) is 3.05. The first kappa shape index (κ1) is 15.2. The Bertz CT molecular complexity index is 416. The van der Waals surface area contributed by atoms with Gasteiger partial charge in [0.05, 0.1) is 5.88 Å². The van der Waals surface area contributed by atoms with Crippen molar-refractivity contribution < 1.29 is 14.4 Å². The Morgan fingerprint density at radius 2 is 2.25 bits per heavy atom. The standard InChI is InChI=1S/C13H21N3O3S/c1-3-4-11(17)16-8-20-7-10(16)13(19)15(2)9-5-6-14-12(9)18/h9-10H,3-8H2,1-2H3,(H,14,18). The molecule has 20 heavy (non-hydrogen) atoms. The molecule has 2 aliphatic rings. The third kappa shape index (κ3) is 2.92. The molecule has 6 nitrogen and oxygen atoms in total. The molecule has 2 heterocycles. The Labute approximate surface area is 123 Å². The van der Waals surface area contributed by atoms with Gasteiger partial charge in [0.1, 0.15) is 12.1 Å². The predicted molar refractivity (Wildman–Crippen MR) is 77.1 cm³/mol. The number of hydrogen-bond acceptors (Lipinski definition) is 4. The van der Waals surface area contributed by atoms with Crippen LogP contribution in [0.15, 0.2) is 0 Å². The number of carbonyl (C=O) groups excluding carboxylic acids is 3. The molecule has 7 heteroatoms. The number of nitrogens with one attached hydrogen (secondary N) is 1. The molecule has 0 aromatic carbocycles. The van der Waals surface area contributed by atoms with Gasteiger partial charge in [-0.05, 0) is 12.8 Å². The van der Waals surface area contributed by atoms with Crippen molar-refractivity contribution in [3.63, 3.8) is 0 Å². The highest BCUT2D eigenvalue weighted by molar-refractivity contribution is 7.99. The summed E-state index contributed by atoms with van der Waals surface area (Å²) in [5, 5.41) is 2.73. The fraction of sp³-hybridized carbons (Fsp3) is 0.769. The minimum Gasteiger partial charge on any atom is -0.354 e. The zero-order valence-corrected chi connectivity index (χ0v) is 12.7. The highest BCUT2D eigenvalue weighted by Crippen LogP contribution is 2.24. The van der Waals surface area contributed by atoms with Crippen molar-refractivity contribution >= 4 is 29.5 Å². The van der Waals surface area contributed by atoms with Crippen LogP contribution < -0.4 is 5.32 Å². The number of carbonyl (C=O) groups is 3. The lowest BCUT2D eigenvalue weighted by atomic mass is 10.1. The van der Waals surface area contributed by atoms with Gasteiger partial charge >= 0.3 is 0 Å². The average molecular weight is 299 g/mol. The summed E-state index contributed by atoms with van der Waals surface area (Å²) in [5.74, 6) is 0.993. The van der Waals surface area contributed by atoms with E-state index in [4.69, 9.17) is 0 Å². The molecule has 2 aliphatic heterocycles. The van der Waals surface area contributed by atoms with Crippen molar-refractivity contribution in [1.29, 1.82) is 0 Å². The Hall–Kier alpha value is -1.24. The summed E-state index contributed by atoms with van der Waals surface area (Å²) in [6, 6.07) is -0.811. The molecule has 0 aromatic heterocycles. The second-order valence-electron chi connectivity index (χ2n) is 5.17. The van der Waals surface area contributed by atoms with E-state index in [-0.39, 0.29) is 17.7 Å². The second kappa shape index (κ2) is 6.47. The van der Waals surface area contributed by atoms with Crippen LogP contribution in [0.5, 0.6) is 0 Å². The third-order valence-electron chi connectivity index (χ3n) is 3.79. The lowest BCUT2D eigenvalue weighted by molar-refractivity contribution is -0.145. The molecule has 2 fully saturated rings. The topological polar surface area (TPSA) is 69.7 Å². The van der Waals surface area contributed by atoms with Crippen LogP contribution >= 0.6 is 11.8 Å². The van der Waals surface area contributed by atoms with E-state index in [0.29, 0.717) is 31.0 Å². The minimum absolute atomic E-state index is 0.0279. The first-order chi connectivity index (χ1) is 9.56. The smallest absolute Gasteiger partial charge is 0.246 e. The number of likely N-dealkylation sites (N-methyl/N-ethyl adjacent to an activating group) is 1. The molecular weight excluding hydrogens is 278 g/mol. The minimum atomic E-state index is -0.419. The maximum absolute atomic E-state index is 12.5. The first-order valence-corrected chi connectivity index (χ1v) is 8.13. The van der Waals surface area contributed by atoms with Crippen LogP contribution in [0.3, 0.4) is 0 Å². The van der Waals surface area contributed by atoms with E-state index in [1.165, 1.54) is 4.90 Å². The van der Waals surface area contributed by atoms with Crippen molar-refractivity contribution in [3.8, 4) is 0 Å². The van der Waals surface area contributed by atoms with Gasteiger partial charge in [0, 0.05) is 25.8 Å². The van der Waals surface area contributed by atoms with Crippen molar-refractivity contribution in [3.05, 3.63) is 0 Å². The fourth-order valence-corrected chi connectivity index (χ4v) is 3.76. The molecule has 0 radical (unpaired) electrons. The SMILES string of the molecule is CCCC(=O)N1CSCC1C(=O)N(C)C1CCNC1=O. The molecule has 0 aliphatic carbocycles. The van der Waals surface area contributed by atoms with E-state index in [1.807, 2.05) is 6.92 Å². The maximum atomic E-state index is 12.5. The van der Waals surface area contributed by atoms with Gasteiger partial charge in [0.15, 0.2) is 0 Å². The van der Waals surface area contributed by atoms with E-state index in [2.05, 4.69) is 5.32 Å². The number of hydrogen-bond donors (Lipinski definition) is 1. The Balaban J connectivity index is 2.03. The molecule has 2 saturated heterocycles. The molecule has 0 spiro atoms. The molecule has 1 N–H and O–H groups in total. The van der Waals surface area contributed by atoms with E-state index in [0.717, 1.165) is 6.42 Å². The Morgan fingerprint density at radius 1 is 1.50 bits per heavy atom. The highest BCUT2D eigenvalue weighted by Gasteiger charge is 2.39. The summed E-state index contributed by atoms with van der Waals surface area (Å²) in [7, 11) is 1.66. The summed E-state index contributed by atoms with van der Waals surface area (Å²) in [6.07, 6.45) is 1.89. The van der Waals surface area contributed by atoms with Gasteiger partial charge in [-0.2, -0.15) is 0 Å². The highest BCUT2D eigenvalue weighted by atomic mass is 32.2. The van der Waals surface area contributed by atoms with Crippen LogP contribution in [0.25, 0.3) is 0 Å². The summed E-state index contributed by atoms with van der Waals surface area (Å²) in [5.41, 5.74) is 0. The van der Waals surface area contributed by atoms with E-state index in [1.54, 1.807) is 23.7 Å². The van der Waals surface area contributed by atoms with E-state index in [9.17, 15) is 14.4 Å². The molecule has 0 saturated carbocycles. The molecule has 112 valence electrons. The number of thioether (sulfide) groups is 1. The number of nitrogens with zero attached hydrogens (tertiary/aromatic N) is 2. The van der Waals surface area contributed by atoms with E-state index < -0.39 is 12.1 Å². The van der Waals surface area contributed by atoms with E-state index >= 15 is 0 Å². The van der Waals surface area contributed by atoms with Crippen LogP contribution in [0.1, 0.15) is 26.2 Å². The van der Waals surface area contributed by atoms with Crippen molar-refractivity contribution in [2.24, 2.45) is 0 Å². The van der Waals surface area contributed by atoms with Crippen molar-refractivity contribution in [2.45, 2.75) is 38.3 Å². The molecule has 0 bridgehead atoms. The van der Waals surface area contributed by atoms with Gasteiger partial charge < -0.3 is 15.1 Å². The second-order valence-corrected chi connectivity index (χ2v) is 6.17. The normalized spacial score (nSPS) is 25.7. The van der Waals surface area contributed by atoms with Gasteiger partial charge in [-0.3, -0.25) is 14.4 Å². The molecular formula is C13H21N3O3S. The Kier molecular flexibility index (Phi) is 4.91. The van der Waals surface area contributed by atoms with Crippen molar-refractivity contribution in [2.75, 3.05) is 25.2 Å². The summed E-state index contributed by atoms with van der Waals surface area (Å²) < 4.78 is 0. The summed E-state index contributed by atoms with van der Waals surface area (Å²) >= 11 is 1.59. The molecule has 2 rings (SSSR count).